The summed E-state index contributed by atoms with van der Waals surface area (Å²) in [6.07, 6.45) is 2.69. The molecule has 0 aliphatic heterocycles. The van der Waals surface area contributed by atoms with Crippen molar-refractivity contribution in [2.75, 3.05) is 17.3 Å². The molecule has 1 amide bonds. The Morgan fingerprint density at radius 2 is 2.15 bits per heavy atom. The maximum absolute atomic E-state index is 11.6. The summed E-state index contributed by atoms with van der Waals surface area (Å²) in [7, 11) is -3.14. The fraction of sp³-hybridized carbons (Fsp3) is 0.250. The summed E-state index contributed by atoms with van der Waals surface area (Å²) in [6.45, 7) is 0. The molecule has 2 heterocycles. The lowest BCUT2D eigenvalue weighted by atomic mass is 10.3. The highest BCUT2D eigenvalue weighted by Gasteiger charge is 2.11. The Labute approximate surface area is 120 Å². The first-order chi connectivity index (χ1) is 9.44. The molecule has 0 aliphatic carbocycles. The first-order valence-electron chi connectivity index (χ1n) is 5.78. The average Bonchev–Trinajstić information content (AvgIpc) is 2.85. The average molecular weight is 311 g/mol. The van der Waals surface area contributed by atoms with Crippen molar-refractivity contribution < 1.29 is 13.2 Å². The second-order valence-electron chi connectivity index (χ2n) is 4.18. The number of hydrogen-bond acceptors (Lipinski definition) is 6. The highest BCUT2D eigenvalue weighted by molar-refractivity contribution is 7.90. The molecule has 0 radical (unpaired) electrons. The Morgan fingerprint density at radius 3 is 2.80 bits per heavy atom. The van der Waals surface area contributed by atoms with Gasteiger partial charge in [-0.15, -0.1) is 11.3 Å². The van der Waals surface area contributed by atoms with Crippen LogP contribution >= 0.6 is 11.3 Å². The van der Waals surface area contributed by atoms with Crippen molar-refractivity contribution in [1.29, 1.82) is 0 Å². The molecule has 106 valence electrons. The van der Waals surface area contributed by atoms with Gasteiger partial charge in [-0.25, -0.2) is 13.4 Å². The minimum atomic E-state index is -3.14. The van der Waals surface area contributed by atoms with E-state index >= 15 is 0 Å². The molecule has 0 unspecified atom stereocenters. The molecular weight excluding hydrogens is 298 g/mol. The Bertz CT molecular complexity index is 696. The van der Waals surface area contributed by atoms with Crippen LogP contribution in [-0.2, 0) is 14.6 Å². The number of amides is 1. The molecule has 2 aromatic heterocycles. The van der Waals surface area contributed by atoms with Crippen LogP contribution in [0.5, 0.6) is 0 Å². The zero-order chi connectivity index (χ0) is 14.6. The predicted octanol–water partition coefficient (Wildman–Crippen LogP) is 1.58. The van der Waals surface area contributed by atoms with Crippen LogP contribution in [-0.4, -0.2) is 36.3 Å². The molecule has 0 aromatic carbocycles. The summed E-state index contributed by atoms with van der Waals surface area (Å²) < 4.78 is 22.0. The van der Waals surface area contributed by atoms with Crippen LogP contribution < -0.4 is 5.32 Å². The normalized spacial score (nSPS) is 11.2. The second-order valence-corrected chi connectivity index (χ2v) is 7.30. The molecule has 2 rings (SSSR count). The minimum Gasteiger partial charge on any atom is -0.302 e. The van der Waals surface area contributed by atoms with Gasteiger partial charge in [-0.05, 0) is 12.1 Å². The van der Waals surface area contributed by atoms with E-state index in [-0.39, 0.29) is 18.1 Å². The smallest absolute Gasteiger partial charge is 0.227 e. The number of anilines is 1. The van der Waals surface area contributed by atoms with Crippen LogP contribution in [0.25, 0.3) is 11.4 Å². The van der Waals surface area contributed by atoms with Gasteiger partial charge in [-0.1, -0.05) is 6.07 Å². The molecule has 0 bridgehead atoms. The summed E-state index contributed by atoms with van der Waals surface area (Å²) in [4.78, 5) is 20.0. The lowest BCUT2D eigenvalue weighted by Gasteiger charge is -2.00. The highest BCUT2D eigenvalue weighted by atomic mass is 32.2. The molecule has 1 N–H and O–H groups in total. The molecule has 6 nitrogen and oxygen atoms in total. The monoisotopic (exact) mass is 311 g/mol. The molecule has 20 heavy (non-hydrogen) atoms. The van der Waals surface area contributed by atoms with E-state index in [1.807, 2.05) is 18.2 Å². The topological polar surface area (TPSA) is 89.0 Å². The third kappa shape index (κ3) is 4.39. The SMILES string of the molecule is CS(=O)(=O)CCC(=O)Nc1nc(-c2ccccn2)cs1. The van der Waals surface area contributed by atoms with Crippen molar-refractivity contribution in [2.45, 2.75) is 6.42 Å². The van der Waals surface area contributed by atoms with Gasteiger partial charge in [-0.3, -0.25) is 9.78 Å². The maximum atomic E-state index is 11.6. The first-order valence-corrected chi connectivity index (χ1v) is 8.72. The zero-order valence-electron chi connectivity index (χ0n) is 10.7. The Kier molecular flexibility index (Phi) is 4.46. The van der Waals surface area contributed by atoms with Crippen LogP contribution in [0.15, 0.2) is 29.8 Å². The van der Waals surface area contributed by atoms with Gasteiger partial charge in [0.1, 0.15) is 15.5 Å². The van der Waals surface area contributed by atoms with Crippen molar-refractivity contribution in [3.8, 4) is 11.4 Å². The fourth-order valence-electron chi connectivity index (χ4n) is 1.42. The summed E-state index contributed by atoms with van der Waals surface area (Å²) >= 11 is 1.27. The van der Waals surface area contributed by atoms with Gasteiger partial charge in [0.2, 0.25) is 5.91 Å². The van der Waals surface area contributed by atoms with Crippen molar-refractivity contribution in [1.82, 2.24) is 9.97 Å². The quantitative estimate of drug-likeness (QED) is 0.905. The molecule has 0 fully saturated rings. The molecule has 8 heteroatoms. The second kappa shape index (κ2) is 6.10. The fourth-order valence-corrected chi connectivity index (χ4v) is 2.70. The number of carbonyl (C=O) groups is 1. The van der Waals surface area contributed by atoms with E-state index in [0.717, 1.165) is 11.9 Å². The predicted molar refractivity (Wildman–Crippen MR) is 78.3 cm³/mol. The lowest BCUT2D eigenvalue weighted by Crippen LogP contribution is -2.16. The van der Waals surface area contributed by atoms with Crippen LogP contribution in [0.2, 0.25) is 0 Å². The number of hydrogen-bond donors (Lipinski definition) is 1. The number of sulfone groups is 1. The third-order valence-electron chi connectivity index (χ3n) is 2.38. The summed E-state index contributed by atoms with van der Waals surface area (Å²) in [6, 6.07) is 5.49. The molecule has 0 saturated heterocycles. The van der Waals surface area contributed by atoms with Gasteiger partial charge in [0, 0.05) is 24.3 Å². The van der Waals surface area contributed by atoms with Crippen molar-refractivity contribution in [2.24, 2.45) is 0 Å². The number of thiazole rings is 1. The number of rotatable bonds is 5. The van der Waals surface area contributed by atoms with E-state index in [4.69, 9.17) is 0 Å². The first kappa shape index (κ1) is 14.6. The molecule has 0 saturated carbocycles. The summed E-state index contributed by atoms with van der Waals surface area (Å²) in [5.74, 6) is -0.533. The van der Waals surface area contributed by atoms with Crippen LogP contribution in [0.4, 0.5) is 5.13 Å². The lowest BCUT2D eigenvalue weighted by molar-refractivity contribution is -0.115. The van der Waals surface area contributed by atoms with Crippen molar-refractivity contribution in [3.63, 3.8) is 0 Å². The van der Waals surface area contributed by atoms with Gasteiger partial charge in [0.15, 0.2) is 5.13 Å². The van der Waals surface area contributed by atoms with Crippen LogP contribution in [0, 0.1) is 0 Å². The van der Waals surface area contributed by atoms with E-state index in [0.29, 0.717) is 10.8 Å². The van der Waals surface area contributed by atoms with Gasteiger partial charge in [0.05, 0.1) is 11.4 Å². The highest BCUT2D eigenvalue weighted by Crippen LogP contribution is 2.23. The van der Waals surface area contributed by atoms with Gasteiger partial charge < -0.3 is 5.32 Å². The van der Waals surface area contributed by atoms with E-state index in [9.17, 15) is 13.2 Å². The van der Waals surface area contributed by atoms with E-state index < -0.39 is 9.84 Å². The maximum Gasteiger partial charge on any atom is 0.227 e. The Hall–Kier alpha value is -1.80. The van der Waals surface area contributed by atoms with Gasteiger partial charge in [-0.2, -0.15) is 0 Å². The van der Waals surface area contributed by atoms with Crippen molar-refractivity contribution >= 4 is 32.2 Å². The number of nitrogens with one attached hydrogen (secondary N) is 1. The number of aromatic nitrogens is 2. The molecule has 0 aliphatic rings. The van der Waals surface area contributed by atoms with Crippen molar-refractivity contribution in [3.05, 3.63) is 29.8 Å². The Balaban J connectivity index is 1.98. The number of pyridine rings is 1. The standard InChI is InChI=1S/C12H13N3O3S2/c1-20(17,18)7-5-11(16)15-12-14-10(8-19-12)9-4-2-3-6-13-9/h2-4,6,8H,5,7H2,1H3,(H,14,15,16). The van der Waals surface area contributed by atoms with E-state index in [1.165, 1.54) is 11.3 Å². The van der Waals surface area contributed by atoms with E-state index in [2.05, 4.69) is 15.3 Å². The molecule has 0 spiro atoms. The molecule has 2 aromatic rings. The van der Waals surface area contributed by atoms with E-state index in [1.54, 1.807) is 11.6 Å². The van der Waals surface area contributed by atoms with Gasteiger partial charge >= 0.3 is 0 Å². The zero-order valence-corrected chi connectivity index (χ0v) is 12.4. The third-order valence-corrected chi connectivity index (χ3v) is 4.08. The largest absolute Gasteiger partial charge is 0.302 e. The molecular formula is C12H13N3O3S2. The van der Waals surface area contributed by atoms with Crippen LogP contribution in [0.3, 0.4) is 0 Å². The summed E-state index contributed by atoms with van der Waals surface area (Å²) in [5.41, 5.74) is 1.40. The minimum absolute atomic E-state index is 0.0721. The van der Waals surface area contributed by atoms with Gasteiger partial charge in [0.25, 0.3) is 0 Å². The Morgan fingerprint density at radius 1 is 1.35 bits per heavy atom. The number of carbonyl (C=O) groups excluding carboxylic acids is 1. The summed E-state index contributed by atoms with van der Waals surface area (Å²) in [5, 5.41) is 4.80. The number of nitrogens with zero attached hydrogens (tertiary/aromatic N) is 2. The molecule has 0 atom stereocenters. The van der Waals surface area contributed by atoms with Crippen LogP contribution in [0.1, 0.15) is 6.42 Å².